The summed E-state index contributed by atoms with van der Waals surface area (Å²) >= 11 is 0. The number of anilines is 1. The van der Waals surface area contributed by atoms with E-state index in [4.69, 9.17) is 15.2 Å². The van der Waals surface area contributed by atoms with E-state index in [-0.39, 0.29) is 24.0 Å². The molecule has 7 heteroatoms. The minimum absolute atomic E-state index is 0.0861. The van der Waals surface area contributed by atoms with Gasteiger partial charge in [-0.1, -0.05) is 0 Å². The van der Waals surface area contributed by atoms with Crippen LogP contribution >= 0.6 is 0 Å². The van der Waals surface area contributed by atoms with Crippen molar-refractivity contribution in [3.8, 4) is 5.88 Å². The van der Waals surface area contributed by atoms with Gasteiger partial charge in [-0.2, -0.15) is 4.98 Å². The van der Waals surface area contributed by atoms with E-state index >= 15 is 0 Å². The van der Waals surface area contributed by atoms with Gasteiger partial charge in [-0.3, -0.25) is 10.1 Å². The van der Waals surface area contributed by atoms with Crippen molar-refractivity contribution < 1.29 is 14.4 Å². The van der Waals surface area contributed by atoms with Crippen LogP contribution in [0.4, 0.5) is 11.5 Å². The summed E-state index contributed by atoms with van der Waals surface area (Å²) in [4.78, 5) is 13.7. The van der Waals surface area contributed by atoms with E-state index in [0.29, 0.717) is 6.61 Å². The van der Waals surface area contributed by atoms with Crippen molar-refractivity contribution in [3.05, 3.63) is 22.2 Å². The molecule has 7 nitrogen and oxygen atoms in total. The first-order chi connectivity index (χ1) is 7.15. The van der Waals surface area contributed by atoms with Crippen LogP contribution in [0.25, 0.3) is 0 Å². The predicted molar refractivity (Wildman–Crippen MR) is 52.7 cm³/mol. The normalized spacial score (nSPS) is 9.93. The Hall–Kier alpha value is -1.89. The number of ether oxygens (including phenoxy) is 2. The molecule has 0 saturated heterocycles. The van der Waals surface area contributed by atoms with E-state index < -0.39 is 4.92 Å². The lowest BCUT2D eigenvalue weighted by molar-refractivity contribution is -0.386. The summed E-state index contributed by atoms with van der Waals surface area (Å²) < 4.78 is 9.80. The maximum absolute atomic E-state index is 10.6. The zero-order valence-electron chi connectivity index (χ0n) is 8.17. The zero-order chi connectivity index (χ0) is 11.3. The monoisotopic (exact) mass is 213 g/mol. The zero-order valence-corrected chi connectivity index (χ0v) is 8.17. The highest BCUT2D eigenvalue weighted by Gasteiger charge is 2.16. The molecule has 1 aromatic rings. The molecule has 0 aromatic carbocycles. The minimum Gasteiger partial charge on any atom is -0.470 e. The molecule has 2 N–H and O–H groups in total. The maximum atomic E-state index is 10.6. The standard InChI is InChI=1S/C8H11N3O4/c1-14-4-5-15-8-6(11(12)13)2-3-7(9)10-8/h2-3H,4-5H2,1H3,(H2,9,10). The summed E-state index contributed by atoms with van der Waals surface area (Å²) in [5.41, 5.74) is 5.18. The Kier molecular flexibility index (Phi) is 3.81. The number of nitro groups is 1. The number of methoxy groups -OCH3 is 1. The molecular formula is C8H11N3O4. The van der Waals surface area contributed by atoms with Gasteiger partial charge in [-0.15, -0.1) is 0 Å². The molecule has 0 unspecified atom stereocenters. The molecule has 1 aromatic heterocycles. The van der Waals surface area contributed by atoms with E-state index in [1.165, 1.54) is 19.2 Å². The third-order valence-electron chi connectivity index (χ3n) is 1.58. The van der Waals surface area contributed by atoms with Crippen LogP contribution < -0.4 is 10.5 Å². The number of aromatic nitrogens is 1. The first-order valence-electron chi connectivity index (χ1n) is 4.18. The molecule has 0 aliphatic heterocycles. The smallest absolute Gasteiger partial charge is 0.331 e. The SMILES string of the molecule is COCCOc1nc(N)ccc1[N+](=O)[O-]. The van der Waals surface area contributed by atoms with E-state index in [1.807, 2.05) is 0 Å². The van der Waals surface area contributed by atoms with Crippen molar-refractivity contribution in [3.63, 3.8) is 0 Å². The lowest BCUT2D eigenvalue weighted by Crippen LogP contribution is -2.08. The summed E-state index contributed by atoms with van der Waals surface area (Å²) in [5.74, 6) is 0.0880. The van der Waals surface area contributed by atoms with Gasteiger partial charge in [-0.25, -0.2) is 0 Å². The lowest BCUT2D eigenvalue weighted by Gasteiger charge is -2.05. The highest BCUT2D eigenvalue weighted by molar-refractivity contribution is 5.46. The van der Waals surface area contributed by atoms with Crippen LogP contribution in [0, 0.1) is 10.1 Å². The number of hydrogen-bond donors (Lipinski definition) is 1. The molecule has 1 heterocycles. The summed E-state index contributed by atoms with van der Waals surface area (Å²) in [6.07, 6.45) is 0. The first-order valence-corrected chi connectivity index (χ1v) is 4.18. The molecule has 1 rings (SSSR count). The molecule has 0 fully saturated rings. The molecule has 0 bridgehead atoms. The van der Waals surface area contributed by atoms with Crippen LogP contribution in [0.2, 0.25) is 0 Å². The Bertz CT molecular complexity index is 356. The summed E-state index contributed by atoms with van der Waals surface area (Å²) in [6, 6.07) is 2.60. The fourth-order valence-corrected chi connectivity index (χ4v) is 0.914. The molecule has 0 radical (unpaired) electrons. The van der Waals surface area contributed by atoms with Gasteiger partial charge in [0.2, 0.25) is 0 Å². The second-order valence-corrected chi connectivity index (χ2v) is 2.66. The number of nitrogens with zero attached hydrogens (tertiary/aromatic N) is 2. The van der Waals surface area contributed by atoms with Crippen molar-refractivity contribution in [1.82, 2.24) is 4.98 Å². The fraction of sp³-hybridized carbons (Fsp3) is 0.375. The van der Waals surface area contributed by atoms with Crippen LogP contribution in [0.5, 0.6) is 5.88 Å². The predicted octanol–water partition coefficient (Wildman–Crippen LogP) is 0.597. The molecule has 0 amide bonds. The van der Waals surface area contributed by atoms with Crippen LogP contribution in [0.15, 0.2) is 12.1 Å². The van der Waals surface area contributed by atoms with Gasteiger partial charge in [0.05, 0.1) is 11.5 Å². The molecule has 0 aliphatic carbocycles. The second-order valence-electron chi connectivity index (χ2n) is 2.66. The molecule has 0 atom stereocenters. The summed E-state index contributed by atoms with van der Waals surface area (Å²) in [7, 11) is 1.50. The number of nitrogen functional groups attached to an aromatic ring is 1. The Morgan fingerprint density at radius 2 is 2.27 bits per heavy atom. The Morgan fingerprint density at radius 1 is 1.53 bits per heavy atom. The van der Waals surface area contributed by atoms with Gasteiger partial charge in [0.1, 0.15) is 12.4 Å². The summed E-state index contributed by atoms with van der Waals surface area (Å²) in [5, 5.41) is 10.6. The number of nitrogens with two attached hydrogens (primary N) is 1. The van der Waals surface area contributed by atoms with Crippen molar-refractivity contribution in [1.29, 1.82) is 0 Å². The van der Waals surface area contributed by atoms with Crippen molar-refractivity contribution in [2.24, 2.45) is 0 Å². The number of rotatable bonds is 5. The third-order valence-corrected chi connectivity index (χ3v) is 1.58. The van der Waals surface area contributed by atoms with Gasteiger partial charge < -0.3 is 15.2 Å². The quantitative estimate of drug-likeness (QED) is 0.436. The molecule has 0 saturated carbocycles. The van der Waals surface area contributed by atoms with E-state index in [2.05, 4.69) is 4.98 Å². The van der Waals surface area contributed by atoms with Crippen molar-refractivity contribution in [2.75, 3.05) is 26.1 Å². The molecular weight excluding hydrogens is 202 g/mol. The Labute approximate surface area is 86.0 Å². The fourth-order valence-electron chi connectivity index (χ4n) is 0.914. The average molecular weight is 213 g/mol. The third kappa shape index (κ3) is 3.06. The molecule has 0 aliphatic rings. The van der Waals surface area contributed by atoms with E-state index in [0.717, 1.165) is 0 Å². The highest BCUT2D eigenvalue weighted by atomic mass is 16.6. The van der Waals surface area contributed by atoms with Crippen molar-refractivity contribution >= 4 is 11.5 Å². The summed E-state index contributed by atoms with van der Waals surface area (Å²) in [6.45, 7) is 0.515. The molecule has 15 heavy (non-hydrogen) atoms. The molecule has 82 valence electrons. The second kappa shape index (κ2) is 5.11. The first kappa shape index (κ1) is 11.2. The van der Waals surface area contributed by atoms with Gasteiger partial charge >= 0.3 is 5.69 Å². The van der Waals surface area contributed by atoms with Gasteiger partial charge in [0.25, 0.3) is 5.88 Å². The largest absolute Gasteiger partial charge is 0.470 e. The number of hydrogen-bond acceptors (Lipinski definition) is 6. The highest BCUT2D eigenvalue weighted by Crippen LogP contribution is 2.24. The van der Waals surface area contributed by atoms with Crippen LogP contribution in [0.1, 0.15) is 0 Å². The van der Waals surface area contributed by atoms with Gasteiger partial charge in [-0.05, 0) is 6.07 Å². The lowest BCUT2D eigenvalue weighted by atomic mass is 10.4. The van der Waals surface area contributed by atoms with Crippen LogP contribution in [0.3, 0.4) is 0 Å². The van der Waals surface area contributed by atoms with Crippen LogP contribution in [-0.2, 0) is 4.74 Å². The average Bonchev–Trinajstić information content (AvgIpc) is 2.18. The number of pyridine rings is 1. The maximum Gasteiger partial charge on any atom is 0.331 e. The van der Waals surface area contributed by atoms with E-state index in [9.17, 15) is 10.1 Å². The molecule has 0 spiro atoms. The minimum atomic E-state index is -0.575. The van der Waals surface area contributed by atoms with Gasteiger partial charge in [0, 0.05) is 13.2 Å². The van der Waals surface area contributed by atoms with Gasteiger partial charge in [0.15, 0.2) is 0 Å². The Morgan fingerprint density at radius 3 is 2.87 bits per heavy atom. The van der Waals surface area contributed by atoms with Crippen LogP contribution in [-0.4, -0.2) is 30.2 Å². The van der Waals surface area contributed by atoms with E-state index in [1.54, 1.807) is 0 Å². The Balaban J connectivity index is 2.82. The topological polar surface area (TPSA) is 101 Å². The van der Waals surface area contributed by atoms with Crippen molar-refractivity contribution in [2.45, 2.75) is 0 Å².